The van der Waals surface area contributed by atoms with Gasteiger partial charge in [0.15, 0.2) is 0 Å². The number of urea groups is 1. The standard InChI is InChI=1S/C20H27N3O.ClH/c1-2-8-17-9-6-7-10-18(17)13-14-21-15-16-22-20(24)23-19-11-4-3-5-12-19;/h3-7,9-12,21H,2,8,13-16H2,1H3,(H2,22,23,24);1H. The highest BCUT2D eigenvalue weighted by Gasteiger charge is 2.01. The molecule has 5 heteroatoms. The van der Waals surface area contributed by atoms with Crippen LogP contribution in [0.25, 0.3) is 0 Å². The van der Waals surface area contributed by atoms with Crippen molar-refractivity contribution in [3.05, 3.63) is 65.7 Å². The van der Waals surface area contributed by atoms with Gasteiger partial charge in [-0.05, 0) is 42.6 Å². The molecule has 0 saturated carbocycles. The van der Waals surface area contributed by atoms with Crippen LogP contribution in [-0.4, -0.2) is 25.7 Å². The highest BCUT2D eigenvalue weighted by molar-refractivity contribution is 5.89. The molecular weight excluding hydrogens is 334 g/mol. The van der Waals surface area contributed by atoms with Gasteiger partial charge in [-0.3, -0.25) is 0 Å². The van der Waals surface area contributed by atoms with Gasteiger partial charge in [-0.1, -0.05) is 55.8 Å². The molecule has 0 aliphatic rings. The summed E-state index contributed by atoms with van der Waals surface area (Å²) in [6.45, 7) is 4.50. The molecule has 136 valence electrons. The average Bonchev–Trinajstić information content (AvgIpc) is 2.60. The van der Waals surface area contributed by atoms with Crippen molar-refractivity contribution in [3.8, 4) is 0 Å². The summed E-state index contributed by atoms with van der Waals surface area (Å²) in [6, 6.07) is 17.9. The molecule has 2 aromatic carbocycles. The van der Waals surface area contributed by atoms with E-state index in [-0.39, 0.29) is 18.4 Å². The molecule has 0 aromatic heterocycles. The summed E-state index contributed by atoms with van der Waals surface area (Å²) in [7, 11) is 0. The van der Waals surface area contributed by atoms with Gasteiger partial charge in [-0.2, -0.15) is 0 Å². The SMILES string of the molecule is CCCc1ccccc1CCNCCNC(=O)Nc1ccccc1.Cl. The molecular formula is C20H28ClN3O. The van der Waals surface area contributed by atoms with Crippen LogP contribution in [0.4, 0.5) is 10.5 Å². The summed E-state index contributed by atoms with van der Waals surface area (Å²) in [5, 5.41) is 9.03. The van der Waals surface area contributed by atoms with E-state index in [0.717, 1.165) is 31.6 Å². The van der Waals surface area contributed by atoms with E-state index in [0.29, 0.717) is 6.54 Å². The van der Waals surface area contributed by atoms with E-state index < -0.39 is 0 Å². The molecule has 0 bridgehead atoms. The number of carbonyl (C=O) groups is 1. The van der Waals surface area contributed by atoms with Crippen molar-refractivity contribution >= 4 is 24.1 Å². The van der Waals surface area contributed by atoms with Crippen molar-refractivity contribution in [3.63, 3.8) is 0 Å². The molecule has 0 aliphatic heterocycles. The van der Waals surface area contributed by atoms with E-state index in [2.05, 4.69) is 47.1 Å². The number of carbonyl (C=O) groups excluding carboxylic acids is 1. The number of halogens is 1. The normalized spacial score (nSPS) is 9.96. The molecule has 0 heterocycles. The zero-order valence-electron chi connectivity index (χ0n) is 14.8. The van der Waals surface area contributed by atoms with Gasteiger partial charge in [0.05, 0.1) is 0 Å². The monoisotopic (exact) mass is 361 g/mol. The number of aryl methyl sites for hydroxylation is 1. The maximum atomic E-state index is 11.7. The van der Waals surface area contributed by atoms with Crippen molar-refractivity contribution in [1.29, 1.82) is 0 Å². The van der Waals surface area contributed by atoms with Crippen LogP contribution in [0.15, 0.2) is 54.6 Å². The predicted molar refractivity (Wildman–Crippen MR) is 108 cm³/mol. The lowest BCUT2D eigenvalue weighted by Crippen LogP contribution is -2.35. The van der Waals surface area contributed by atoms with Crippen molar-refractivity contribution in [1.82, 2.24) is 10.6 Å². The first-order chi connectivity index (χ1) is 11.8. The fourth-order valence-corrected chi connectivity index (χ4v) is 2.62. The molecule has 0 aliphatic carbocycles. The zero-order chi connectivity index (χ0) is 17.0. The lowest BCUT2D eigenvalue weighted by molar-refractivity contribution is 0.252. The van der Waals surface area contributed by atoms with E-state index in [1.807, 2.05) is 30.3 Å². The molecule has 0 radical (unpaired) electrons. The molecule has 0 spiro atoms. The van der Waals surface area contributed by atoms with Crippen molar-refractivity contribution in [2.24, 2.45) is 0 Å². The Morgan fingerprint density at radius 3 is 2.16 bits per heavy atom. The number of amides is 2. The van der Waals surface area contributed by atoms with Crippen LogP contribution in [0.5, 0.6) is 0 Å². The fourth-order valence-electron chi connectivity index (χ4n) is 2.62. The van der Waals surface area contributed by atoms with Gasteiger partial charge in [-0.15, -0.1) is 12.4 Å². The van der Waals surface area contributed by atoms with Crippen LogP contribution in [-0.2, 0) is 12.8 Å². The Morgan fingerprint density at radius 1 is 0.840 bits per heavy atom. The Labute approximate surface area is 156 Å². The molecule has 0 saturated heterocycles. The first-order valence-electron chi connectivity index (χ1n) is 8.67. The number of para-hydroxylation sites is 1. The van der Waals surface area contributed by atoms with Crippen molar-refractivity contribution < 1.29 is 4.79 Å². The Balaban J connectivity index is 0.00000312. The zero-order valence-corrected chi connectivity index (χ0v) is 15.6. The van der Waals surface area contributed by atoms with Crippen LogP contribution in [0.1, 0.15) is 24.5 Å². The van der Waals surface area contributed by atoms with Gasteiger partial charge >= 0.3 is 6.03 Å². The van der Waals surface area contributed by atoms with Gasteiger partial charge in [0.2, 0.25) is 0 Å². The lowest BCUT2D eigenvalue weighted by atomic mass is 10.0. The Kier molecular flexibility index (Phi) is 10.4. The number of hydrogen-bond acceptors (Lipinski definition) is 2. The third-order valence-corrected chi connectivity index (χ3v) is 3.83. The van der Waals surface area contributed by atoms with Gasteiger partial charge in [0.1, 0.15) is 0 Å². The first-order valence-corrected chi connectivity index (χ1v) is 8.67. The predicted octanol–water partition coefficient (Wildman–Crippen LogP) is 4.01. The van der Waals surface area contributed by atoms with Gasteiger partial charge < -0.3 is 16.0 Å². The Morgan fingerprint density at radius 2 is 1.48 bits per heavy atom. The average molecular weight is 362 g/mol. The first kappa shape index (κ1) is 21.0. The summed E-state index contributed by atoms with van der Waals surface area (Å²) < 4.78 is 0. The quantitative estimate of drug-likeness (QED) is 0.591. The number of rotatable bonds is 9. The molecule has 2 rings (SSSR count). The fraction of sp³-hybridized carbons (Fsp3) is 0.350. The van der Waals surface area contributed by atoms with Crippen LogP contribution in [0.2, 0.25) is 0 Å². The highest BCUT2D eigenvalue weighted by atomic mass is 35.5. The van der Waals surface area contributed by atoms with Gasteiger partial charge in [-0.25, -0.2) is 4.79 Å². The van der Waals surface area contributed by atoms with Crippen LogP contribution < -0.4 is 16.0 Å². The van der Waals surface area contributed by atoms with Crippen molar-refractivity contribution in [2.45, 2.75) is 26.2 Å². The molecule has 0 fully saturated rings. The minimum Gasteiger partial charge on any atom is -0.337 e. The molecule has 2 aromatic rings. The van der Waals surface area contributed by atoms with Crippen LogP contribution in [0.3, 0.4) is 0 Å². The van der Waals surface area contributed by atoms with E-state index in [4.69, 9.17) is 0 Å². The van der Waals surface area contributed by atoms with E-state index in [1.165, 1.54) is 17.5 Å². The second-order valence-corrected chi connectivity index (χ2v) is 5.77. The molecule has 25 heavy (non-hydrogen) atoms. The number of nitrogens with one attached hydrogen (secondary N) is 3. The highest BCUT2D eigenvalue weighted by Crippen LogP contribution is 2.11. The smallest absolute Gasteiger partial charge is 0.319 e. The molecule has 2 amide bonds. The second kappa shape index (κ2) is 12.3. The third kappa shape index (κ3) is 8.05. The van der Waals surface area contributed by atoms with Crippen LogP contribution in [0, 0.1) is 0 Å². The summed E-state index contributed by atoms with van der Waals surface area (Å²) in [6.07, 6.45) is 3.33. The van der Waals surface area contributed by atoms with Gasteiger partial charge in [0.25, 0.3) is 0 Å². The number of hydrogen-bond donors (Lipinski definition) is 3. The third-order valence-electron chi connectivity index (χ3n) is 3.83. The molecule has 3 N–H and O–H groups in total. The summed E-state index contributed by atoms with van der Waals surface area (Å²) >= 11 is 0. The van der Waals surface area contributed by atoms with Crippen molar-refractivity contribution in [2.75, 3.05) is 25.0 Å². The molecule has 0 atom stereocenters. The molecule has 4 nitrogen and oxygen atoms in total. The van der Waals surface area contributed by atoms with Gasteiger partial charge in [0, 0.05) is 18.8 Å². The Hall–Kier alpha value is -2.04. The number of anilines is 1. The van der Waals surface area contributed by atoms with Crippen LogP contribution >= 0.6 is 12.4 Å². The number of benzene rings is 2. The summed E-state index contributed by atoms with van der Waals surface area (Å²) in [4.78, 5) is 11.7. The Bertz CT molecular complexity index is 619. The topological polar surface area (TPSA) is 53.2 Å². The van der Waals surface area contributed by atoms with E-state index in [9.17, 15) is 4.79 Å². The lowest BCUT2D eigenvalue weighted by Gasteiger charge is -2.10. The maximum absolute atomic E-state index is 11.7. The maximum Gasteiger partial charge on any atom is 0.319 e. The minimum atomic E-state index is -0.170. The largest absolute Gasteiger partial charge is 0.337 e. The summed E-state index contributed by atoms with van der Waals surface area (Å²) in [5.41, 5.74) is 3.67. The minimum absolute atomic E-state index is 0. The van der Waals surface area contributed by atoms with E-state index >= 15 is 0 Å². The molecule has 0 unspecified atom stereocenters. The second-order valence-electron chi connectivity index (χ2n) is 5.77. The summed E-state index contributed by atoms with van der Waals surface area (Å²) in [5.74, 6) is 0. The van der Waals surface area contributed by atoms with E-state index in [1.54, 1.807) is 0 Å².